The summed E-state index contributed by atoms with van der Waals surface area (Å²) in [4.78, 5) is 27.0. The molecule has 144 valence electrons. The fourth-order valence-electron chi connectivity index (χ4n) is 3.61. The monoisotopic (exact) mass is 431 g/mol. The second-order valence-electron chi connectivity index (χ2n) is 7.24. The Hall–Kier alpha value is -2.08. The summed E-state index contributed by atoms with van der Waals surface area (Å²) < 4.78 is 1.18. The molecular weight excluding hydrogens is 406 g/mol. The van der Waals surface area contributed by atoms with Crippen LogP contribution in [0, 0.1) is 0 Å². The van der Waals surface area contributed by atoms with Gasteiger partial charge in [0.15, 0.2) is 0 Å². The summed E-state index contributed by atoms with van der Waals surface area (Å²) in [5.74, 6) is -0.0548. The Bertz CT molecular complexity index is 809. The number of nitrogens with one attached hydrogen (secondary N) is 2. The molecule has 1 atom stereocenters. The molecule has 2 aliphatic rings. The number of anilines is 1. The predicted octanol–water partition coefficient (Wildman–Crippen LogP) is 4.19. The van der Waals surface area contributed by atoms with Gasteiger partial charge in [0, 0.05) is 36.5 Å². The molecule has 3 rings (SSSR count). The first-order valence-electron chi connectivity index (χ1n) is 9.43. The van der Waals surface area contributed by atoms with Crippen LogP contribution in [-0.4, -0.2) is 35.3 Å². The number of nitrogens with zero attached hydrogens (tertiary/aromatic N) is 1. The quantitative estimate of drug-likeness (QED) is 0.734. The Morgan fingerprint density at radius 1 is 1.19 bits per heavy atom. The van der Waals surface area contributed by atoms with Crippen molar-refractivity contribution < 1.29 is 9.59 Å². The molecule has 1 aromatic carbocycles. The van der Waals surface area contributed by atoms with Crippen molar-refractivity contribution in [2.75, 3.05) is 18.4 Å². The lowest BCUT2D eigenvalue weighted by Crippen LogP contribution is -2.48. The number of carbonyl (C=O) groups excluding carboxylic acids is 2. The van der Waals surface area contributed by atoms with E-state index < -0.39 is 5.54 Å². The van der Waals surface area contributed by atoms with Crippen molar-refractivity contribution in [3.05, 3.63) is 51.7 Å². The molecule has 1 aliphatic heterocycles. The maximum atomic E-state index is 12.9. The van der Waals surface area contributed by atoms with Crippen molar-refractivity contribution in [3.63, 3.8) is 0 Å². The molecule has 0 saturated heterocycles. The average Bonchev–Trinajstić information content (AvgIpc) is 3.00. The van der Waals surface area contributed by atoms with Crippen LogP contribution < -0.4 is 10.6 Å². The minimum absolute atomic E-state index is 0.0107. The number of hydrogen-bond donors (Lipinski definition) is 2. The summed E-state index contributed by atoms with van der Waals surface area (Å²) in [6.07, 6.45) is 4.68. The SMILES string of the molecule is CCN(CC)C(=O)c1ccc(NC(=O)[C@@]2(C)CC3=C(CCC(Br)=C3)N2)cc1. The first-order chi connectivity index (χ1) is 12.9. The predicted molar refractivity (Wildman–Crippen MR) is 112 cm³/mol. The maximum absolute atomic E-state index is 12.9. The van der Waals surface area contributed by atoms with E-state index in [0.29, 0.717) is 30.8 Å². The zero-order chi connectivity index (χ0) is 19.6. The molecule has 0 spiro atoms. The van der Waals surface area contributed by atoms with E-state index in [-0.39, 0.29) is 11.8 Å². The number of allylic oxidation sites excluding steroid dienone is 3. The Morgan fingerprint density at radius 2 is 1.85 bits per heavy atom. The van der Waals surface area contributed by atoms with Gasteiger partial charge in [-0.15, -0.1) is 0 Å². The number of carbonyl (C=O) groups is 2. The largest absolute Gasteiger partial charge is 0.374 e. The van der Waals surface area contributed by atoms with Crippen LogP contribution in [0.25, 0.3) is 0 Å². The van der Waals surface area contributed by atoms with Gasteiger partial charge in [-0.25, -0.2) is 0 Å². The zero-order valence-corrected chi connectivity index (χ0v) is 17.6. The van der Waals surface area contributed by atoms with Crippen molar-refractivity contribution in [1.82, 2.24) is 10.2 Å². The molecule has 0 saturated carbocycles. The van der Waals surface area contributed by atoms with Crippen molar-refractivity contribution in [2.24, 2.45) is 0 Å². The summed E-state index contributed by atoms with van der Waals surface area (Å²) in [5.41, 5.74) is 3.03. The Balaban J connectivity index is 1.66. The van der Waals surface area contributed by atoms with Crippen LogP contribution in [0.15, 0.2) is 46.1 Å². The molecule has 0 fully saturated rings. The highest BCUT2D eigenvalue weighted by Crippen LogP contribution is 2.37. The lowest BCUT2D eigenvalue weighted by molar-refractivity contribution is -0.121. The third-order valence-corrected chi connectivity index (χ3v) is 5.87. The van der Waals surface area contributed by atoms with Gasteiger partial charge in [-0.3, -0.25) is 9.59 Å². The molecule has 0 unspecified atom stereocenters. The number of rotatable bonds is 5. The third-order valence-electron chi connectivity index (χ3n) is 5.24. The molecule has 1 aromatic rings. The molecule has 1 aliphatic carbocycles. The molecular formula is C21H26BrN3O2. The van der Waals surface area contributed by atoms with E-state index >= 15 is 0 Å². The van der Waals surface area contributed by atoms with Gasteiger partial charge >= 0.3 is 0 Å². The van der Waals surface area contributed by atoms with E-state index in [1.54, 1.807) is 29.2 Å². The van der Waals surface area contributed by atoms with E-state index in [1.165, 1.54) is 10.1 Å². The highest BCUT2D eigenvalue weighted by Gasteiger charge is 2.40. The Kier molecular flexibility index (Phi) is 5.75. The van der Waals surface area contributed by atoms with Crippen LogP contribution in [0.5, 0.6) is 0 Å². The van der Waals surface area contributed by atoms with Crippen LogP contribution in [0.3, 0.4) is 0 Å². The molecule has 1 heterocycles. The first-order valence-corrected chi connectivity index (χ1v) is 10.2. The molecule has 0 aromatic heterocycles. The number of benzene rings is 1. The van der Waals surface area contributed by atoms with Crippen LogP contribution >= 0.6 is 15.9 Å². The van der Waals surface area contributed by atoms with Gasteiger partial charge in [-0.05, 0) is 74.0 Å². The highest BCUT2D eigenvalue weighted by atomic mass is 79.9. The van der Waals surface area contributed by atoms with Crippen molar-refractivity contribution in [3.8, 4) is 0 Å². The molecule has 2 amide bonds. The summed E-state index contributed by atoms with van der Waals surface area (Å²) in [6.45, 7) is 7.22. The van der Waals surface area contributed by atoms with Crippen molar-refractivity contribution in [1.29, 1.82) is 0 Å². The van der Waals surface area contributed by atoms with Gasteiger partial charge in [0.25, 0.3) is 5.91 Å². The minimum atomic E-state index is -0.658. The second-order valence-corrected chi connectivity index (χ2v) is 8.26. The van der Waals surface area contributed by atoms with Gasteiger partial charge in [0.05, 0.1) is 0 Å². The summed E-state index contributed by atoms with van der Waals surface area (Å²) in [7, 11) is 0. The van der Waals surface area contributed by atoms with Gasteiger partial charge in [0.2, 0.25) is 5.91 Å². The van der Waals surface area contributed by atoms with E-state index in [2.05, 4.69) is 32.6 Å². The van der Waals surface area contributed by atoms with E-state index in [9.17, 15) is 9.59 Å². The molecule has 27 heavy (non-hydrogen) atoms. The lowest BCUT2D eigenvalue weighted by atomic mass is 9.94. The maximum Gasteiger partial charge on any atom is 0.253 e. The minimum Gasteiger partial charge on any atom is -0.374 e. The molecule has 0 radical (unpaired) electrons. The van der Waals surface area contributed by atoms with Gasteiger partial charge in [0.1, 0.15) is 5.54 Å². The van der Waals surface area contributed by atoms with Crippen molar-refractivity contribution >= 4 is 33.4 Å². The number of amides is 2. The van der Waals surface area contributed by atoms with E-state index in [4.69, 9.17) is 0 Å². The highest BCUT2D eigenvalue weighted by molar-refractivity contribution is 9.11. The van der Waals surface area contributed by atoms with Crippen LogP contribution in [0.1, 0.15) is 50.4 Å². The number of hydrogen-bond acceptors (Lipinski definition) is 3. The standard InChI is InChI=1S/C21H26BrN3O2/c1-4-25(5-2)19(26)14-6-9-17(10-7-14)23-20(27)21(3)13-15-12-16(22)8-11-18(15)24-21/h6-7,9-10,12,24H,4-5,8,11,13H2,1-3H3,(H,23,27)/t21-/m1/s1. The molecule has 0 bridgehead atoms. The summed E-state index contributed by atoms with van der Waals surface area (Å²) >= 11 is 3.56. The smallest absolute Gasteiger partial charge is 0.253 e. The normalized spacial score (nSPS) is 21.3. The van der Waals surface area contributed by atoms with Gasteiger partial charge < -0.3 is 15.5 Å². The van der Waals surface area contributed by atoms with Crippen LogP contribution in [0.2, 0.25) is 0 Å². The Labute approximate surface area is 169 Å². The molecule has 2 N–H and O–H groups in total. The average molecular weight is 432 g/mol. The topological polar surface area (TPSA) is 61.4 Å². The zero-order valence-electron chi connectivity index (χ0n) is 16.1. The third kappa shape index (κ3) is 4.10. The molecule has 6 heteroatoms. The van der Waals surface area contributed by atoms with Crippen molar-refractivity contribution in [2.45, 2.75) is 45.6 Å². The van der Waals surface area contributed by atoms with E-state index in [1.807, 2.05) is 20.8 Å². The van der Waals surface area contributed by atoms with E-state index in [0.717, 1.165) is 18.5 Å². The first kappa shape index (κ1) is 19.7. The number of halogens is 1. The molecule has 5 nitrogen and oxygen atoms in total. The fraction of sp³-hybridized carbons (Fsp3) is 0.429. The fourth-order valence-corrected chi connectivity index (χ4v) is 4.08. The van der Waals surface area contributed by atoms with Gasteiger partial charge in [-0.2, -0.15) is 0 Å². The second kappa shape index (κ2) is 7.89. The lowest BCUT2D eigenvalue weighted by Gasteiger charge is -2.25. The Morgan fingerprint density at radius 3 is 2.48 bits per heavy atom. The van der Waals surface area contributed by atoms with Gasteiger partial charge in [-0.1, -0.05) is 15.9 Å². The summed E-state index contributed by atoms with van der Waals surface area (Å²) in [6, 6.07) is 7.11. The van der Waals surface area contributed by atoms with Crippen LogP contribution in [0.4, 0.5) is 5.69 Å². The van der Waals surface area contributed by atoms with Crippen LogP contribution in [-0.2, 0) is 4.79 Å². The summed E-state index contributed by atoms with van der Waals surface area (Å²) in [5, 5.41) is 6.39.